The summed E-state index contributed by atoms with van der Waals surface area (Å²) in [5, 5.41) is 3.39. The Balaban J connectivity index is 1.24. The molecule has 4 nitrogen and oxygen atoms in total. The van der Waals surface area contributed by atoms with Gasteiger partial charge in [-0.25, -0.2) is 0 Å². The average molecular weight is 335 g/mol. The number of likely N-dealkylation sites (tertiary alicyclic amines) is 1. The summed E-state index contributed by atoms with van der Waals surface area (Å²) in [5.74, 6) is 3.63. The van der Waals surface area contributed by atoms with Gasteiger partial charge in [0.05, 0.1) is 6.61 Å². The summed E-state index contributed by atoms with van der Waals surface area (Å²) in [6.45, 7) is 5.08. The maximum absolute atomic E-state index is 13.0. The van der Waals surface area contributed by atoms with Crippen molar-refractivity contribution in [1.29, 1.82) is 0 Å². The summed E-state index contributed by atoms with van der Waals surface area (Å²) in [4.78, 5) is 15.5. The largest absolute Gasteiger partial charge is 0.383 e. The molecular weight excluding hydrogens is 300 g/mol. The number of nitrogens with zero attached hydrogens (tertiary/aromatic N) is 1. The van der Waals surface area contributed by atoms with Crippen LogP contribution >= 0.6 is 0 Å². The second kappa shape index (κ2) is 6.95. The SMILES string of the molecule is COCCN1CCC(CNC(=O)C23CC4CC(CC(C4)C2)C3)CC1. The summed E-state index contributed by atoms with van der Waals surface area (Å²) < 4.78 is 5.17. The average Bonchev–Trinajstić information content (AvgIpc) is 2.57. The topological polar surface area (TPSA) is 41.6 Å². The Bertz CT molecular complexity index is 421. The Hall–Kier alpha value is -0.610. The van der Waals surface area contributed by atoms with Gasteiger partial charge in [-0.15, -0.1) is 0 Å². The Morgan fingerprint density at radius 3 is 2.21 bits per heavy atom. The zero-order chi connectivity index (χ0) is 16.6. The highest BCUT2D eigenvalue weighted by Crippen LogP contribution is 2.60. The molecule has 5 rings (SSSR count). The van der Waals surface area contributed by atoms with E-state index in [0.717, 1.165) is 50.5 Å². The molecule has 1 N–H and O–H groups in total. The van der Waals surface area contributed by atoms with Crippen molar-refractivity contribution in [3.63, 3.8) is 0 Å². The van der Waals surface area contributed by atoms with Gasteiger partial charge in [0.2, 0.25) is 5.91 Å². The van der Waals surface area contributed by atoms with E-state index in [1.807, 2.05) is 0 Å². The molecule has 4 saturated carbocycles. The first-order valence-electron chi connectivity index (χ1n) is 10.2. The maximum Gasteiger partial charge on any atom is 0.226 e. The normalized spacial score (nSPS) is 39.3. The Labute approximate surface area is 146 Å². The van der Waals surface area contributed by atoms with E-state index in [1.54, 1.807) is 7.11 Å². The van der Waals surface area contributed by atoms with E-state index < -0.39 is 0 Å². The lowest BCUT2D eigenvalue weighted by Crippen LogP contribution is -2.54. The minimum Gasteiger partial charge on any atom is -0.383 e. The molecule has 4 bridgehead atoms. The van der Waals surface area contributed by atoms with Crippen LogP contribution in [0, 0.1) is 29.1 Å². The smallest absolute Gasteiger partial charge is 0.226 e. The molecule has 0 aromatic heterocycles. The predicted octanol–water partition coefficient (Wildman–Crippen LogP) is 2.68. The molecule has 1 saturated heterocycles. The first kappa shape index (κ1) is 16.8. The van der Waals surface area contributed by atoms with Crippen molar-refractivity contribution in [1.82, 2.24) is 10.2 Å². The van der Waals surface area contributed by atoms with E-state index in [9.17, 15) is 4.79 Å². The summed E-state index contributed by atoms with van der Waals surface area (Å²) >= 11 is 0. The fourth-order valence-corrected chi connectivity index (χ4v) is 6.45. The van der Waals surface area contributed by atoms with E-state index in [4.69, 9.17) is 4.74 Å². The van der Waals surface area contributed by atoms with Crippen molar-refractivity contribution >= 4 is 5.91 Å². The van der Waals surface area contributed by atoms with E-state index in [2.05, 4.69) is 10.2 Å². The summed E-state index contributed by atoms with van der Waals surface area (Å²) in [6.07, 6.45) is 10.2. The molecule has 136 valence electrons. The van der Waals surface area contributed by atoms with Gasteiger partial charge in [-0.2, -0.15) is 0 Å². The molecule has 5 aliphatic rings. The molecule has 0 aromatic carbocycles. The van der Waals surface area contributed by atoms with E-state index in [0.29, 0.717) is 11.8 Å². The van der Waals surface area contributed by atoms with Gasteiger partial charge >= 0.3 is 0 Å². The van der Waals surface area contributed by atoms with Gasteiger partial charge in [-0.1, -0.05) is 0 Å². The van der Waals surface area contributed by atoms with Crippen molar-refractivity contribution in [3.8, 4) is 0 Å². The van der Waals surface area contributed by atoms with E-state index >= 15 is 0 Å². The van der Waals surface area contributed by atoms with Crippen LogP contribution in [0.5, 0.6) is 0 Å². The number of rotatable bonds is 6. The number of carbonyl (C=O) groups excluding carboxylic acids is 1. The van der Waals surface area contributed by atoms with Gasteiger partial charge in [0.25, 0.3) is 0 Å². The highest BCUT2D eigenvalue weighted by Gasteiger charge is 2.54. The molecule has 4 heteroatoms. The number of carbonyl (C=O) groups is 1. The minimum atomic E-state index is 0.0217. The molecule has 1 aliphatic heterocycles. The lowest BCUT2D eigenvalue weighted by molar-refractivity contribution is -0.146. The third kappa shape index (κ3) is 3.37. The second-order valence-corrected chi connectivity index (χ2v) is 9.19. The number of hydrogen-bond donors (Lipinski definition) is 1. The second-order valence-electron chi connectivity index (χ2n) is 9.19. The van der Waals surface area contributed by atoms with Crippen LogP contribution in [0.25, 0.3) is 0 Å². The predicted molar refractivity (Wildman–Crippen MR) is 94.7 cm³/mol. The lowest BCUT2D eigenvalue weighted by Gasteiger charge is -2.55. The van der Waals surface area contributed by atoms with Crippen molar-refractivity contribution in [3.05, 3.63) is 0 Å². The third-order valence-electron chi connectivity index (χ3n) is 7.39. The van der Waals surface area contributed by atoms with Crippen LogP contribution in [-0.2, 0) is 9.53 Å². The number of ether oxygens (including phenoxy) is 1. The van der Waals surface area contributed by atoms with Crippen LogP contribution in [0.1, 0.15) is 51.4 Å². The van der Waals surface area contributed by atoms with Crippen LogP contribution in [0.4, 0.5) is 0 Å². The standard InChI is InChI=1S/C20H34N2O2/c1-24-7-6-22-4-2-15(3-5-22)14-21-19(23)20-11-16-8-17(12-20)10-18(9-16)13-20/h15-18H,2-14H2,1H3,(H,21,23). The summed E-state index contributed by atoms with van der Waals surface area (Å²) in [6, 6.07) is 0. The van der Waals surface area contributed by atoms with E-state index in [-0.39, 0.29) is 5.41 Å². The van der Waals surface area contributed by atoms with E-state index in [1.165, 1.54) is 51.4 Å². The quantitative estimate of drug-likeness (QED) is 0.812. The first-order chi connectivity index (χ1) is 11.7. The number of piperidine rings is 1. The summed E-state index contributed by atoms with van der Waals surface area (Å²) in [7, 11) is 1.77. The number of nitrogens with one attached hydrogen (secondary N) is 1. The van der Waals surface area contributed by atoms with Gasteiger partial charge in [0.1, 0.15) is 0 Å². The molecular formula is C20H34N2O2. The van der Waals surface area contributed by atoms with Crippen LogP contribution in [-0.4, -0.2) is 50.7 Å². The highest BCUT2D eigenvalue weighted by atomic mass is 16.5. The zero-order valence-electron chi connectivity index (χ0n) is 15.3. The summed E-state index contributed by atoms with van der Waals surface area (Å²) in [5.41, 5.74) is 0.0217. The first-order valence-corrected chi connectivity index (χ1v) is 10.2. The van der Waals surface area contributed by atoms with Crippen LogP contribution < -0.4 is 5.32 Å². The molecule has 0 spiro atoms. The number of hydrogen-bond acceptors (Lipinski definition) is 3. The lowest BCUT2D eigenvalue weighted by atomic mass is 9.49. The molecule has 0 aromatic rings. The van der Waals surface area contributed by atoms with Crippen LogP contribution in [0.3, 0.4) is 0 Å². The van der Waals surface area contributed by atoms with Crippen molar-refractivity contribution in [2.75, 3.05) is 39.9 Å². The van der Waals surface area contributed by atoms with Gasteiger partial charge in [-0.3, -0.25) is 4.79 Å². The molecule has 0 unspecified atom stereocenters. The number of amides is 1. The molecule has 0 atom stereocenters. The Kier molecular flexibility index (Phi) is 4.88. The van der Waals surface area contributed by atoms with Crippen molar-refractivity contribution < 1.29 is 9.53 Å². The Morgan fingerprint density at radius 2 is 1.67 bits per heavy atom. The van der Waals surface area contributed by atoms with Gasteiger partial charge in [0.15, 0.2) is 0 Å². The fraction of sp³-hybridized carbons (Fsp3) is 0.950. The van der Waals surface area contributed by atoms with Gasteiger partial charge < -0.3 is 15.0 Å². The minimum absolute atomic E-state index is 0.0217. The highest BCUT2D eigenvalue weighted by molar-refractivity contribution is 5.83. The molecule has 24 heavy (non-hydrogen) atoms. The van der Waals surface area contributed by atoms with Crippen LogP contribution in [0.15, 0.2) is 0 Å². The monoisotopic (exact) mass is 334 g/mol. The Morgan fingerprint density at radius 1 is 1.08 bits per heavy atom. The van der Waals surface area contributed by atoms with Gasteiger partial charge in [0, 0.05) is 25.6 Å². The molecule has 0 radical (unpaired) electrons. The van der Waals surface area contributed by atoms with Crippen LogP contribution in [0.2, 0.25) is 0 Å². The number of methoxy groups -OCH3 is 1. The maximum atomic E-state index is 13.0. The zero-order valence-corrected chi connectivity index (χ0v) is 15.3. The molecule has 4 aliphatic carbocycles. The molecule has 1 heterocycles. The van der Waals surface area contributed by atoms with Crippen molar-refractivity contribution in [2.24, 2.45) is 29.1 Å². The van der Waals surface area contributed by atoms with Gasteiger partial charge in [-0.05, 0) is 88.1 Å². The molecule has 1 amide bonds. The molecule has 5 fully saturated rings. The fourth-order valence-electron chi connectivity index (χ4n) is 6.45. The van der Waals surface area contributed by atoms with Crippen molar-refractivity contribution in [2.45, 2.75) is 51.4 Å². The third-order valence-corrected chi connectivity index (χ3v) is 7.39.